The van der Waals surface area contributed by atoms with E-state index >= 15 is 0 Å². The molecular weight excluding hydrogens is 281 g/mol. The highest BCUT2D eigenvalue weighted by molar-refractivity contribution is 5.94. The zero-order valence-corrected chi connectivity index (χ0v) is 10.9. The molecule has 0 radical (unpaired) electrons. The molecule has 1 aromatic carbocycles. The molecule has 1 aromatic heterocycles. The van der Waals surface area contributed by atoms with Crippen molar-refractivity contribution in [3.63, 3.8) is 0 Å². The van der Waals surface area contributed by atoms with Gasteiger partial charge in [0, 0.05) is 24.6 Å². The topological polar surface area (TPSA) is 114 Å². The number of nitro groups is 1. The van der Waals surface area contributed by atoms with Crippen LogP contribution in [0.3, 0.4) is 0 Å². The van der Waals surface area contributed by atoms with Crippen LogP contribution in [0.1, 0.15) is 22.6 Å². The largest absolute Gasteiger partial charge is 0.352 e. The molecule has 0 fully saturated rings. The van der Waals surface area contributed by atoms with Gasteiger partial charge >= 0.3 is 0 Å². The zero-order valence-electron chi connectivity index (χ0n) is 10.9. The summed E-state index contributed by atoms with van der Waals surface area (Å²) < 4.78 is 13.2. The molecule has 0 saturated carbocycles. The monoisotopic (exact) mass is 293 g/mol. The molecule has 110 valence electrons. The first-order chi connectivity index (χ1) is 10.1. The second kappa shape index (κ2) is 6.55. The number of rotatable bonds is 6. The Labute approximate surface area is 118 Å². The lowest BCUT2D eigenvalue weighted by Gasteiger charge is -2.04. The highest BCUT2D eigenvalue weighted by atomic mass is 19.1. The van der Waals surface area contributed by atoms with E-state index < -0.39 is 22.3 Å². The number of H-pyrrole nitrogens is 1. The van der Waals surface area contributed by atoms with Crippen LogP contribution in [0.2, 0.25) is 0 Å². The average molecular weight is 293 g/mol. The number of nitrogens with one attached hydrogen (secondary N) is 2. The summed E-state index contributed by atoms with van der Waals surface area (Å²) in [6, 6.07) is 2.76. The van der Waals surface area contributed by atoms with Gasteiger partial charge in [-0.1, -0.05) is 0 Å². The van der Waals surface area contributed by atoms with Crippen LogP contribution < -0.4 is 5.32 Å². The quantitative estimate of drug-likeness (QED) is 0.472. The van der Waals surface area contributed by atoms with Crippen LogP contribution in [0.4, 0.5) is 10.1 Å². The standard InChI is InChI=1S/C12H12FN5O3/c13-9-4-8(5-10(6-9)18(20)21)12(19)14-3-1-2-11-15-7-16-17-11/h4-7H,1-3H2,(H,14,19)(H,15,16,17). The third-order valence-electron chi connectivity index (χ3n) is 2.70. The van der Waals surface area contributed by atoms with Crippen molar-refractivity contribution < 1.29 is 14.1 Å². The molecule has 9 heteroatoms. The van der Waals surface area contributed by atoms with Crippen LogP contribution in [0.15, 0.2) is 24.5 Å². The minimum atomic E-state index is -0.823. The van der Waals surface area contributed by atoms with E-state index in [1.165, 1.54) is 6.33 Å². The van der Waals surface area contributed by atoms with Gasteiger partial charge in [-0.2, -0.15) is 5.10 Å². The van der Waals surface area contributed by atoms with Crippen LogP contribution in [-0.2, 0) is 6.42 Å². The molecule has 2 rings (SSSR count). The van der Waals surface area contributed by atoms with Gasteiger partial charge in [0.05, 0.1) is 11.0 Å². The molecule has 0 atom stereocenters. The highest BCUT2D eigenvalue weighted by Gasteiger charge is 2.14. The summed E-state index contributed by atoms with van der Waals surface area (Å²) in [5.74, 6) is -0.683. The van der Waals surface area contributed by atoms with Gasteiger partial charge in [-0.25, -0.2) is 9.37 Å². The summed E-state index contributed by atoms with van der Waals surface area (Å²) in [6.45, 7) is 0.337. The number of non-ortho nitro benzene ring substituents is 1. The van der Waals surface area contributed by atoms with Gasteiger partial charge in [-0.15, -0.1) is 0 Å². The highest BCUT2D eigenvalue weighted by Crippen LogP contribution is 2.16. The van der Waals surface area contributed by atoms with Crippen molar-refractivity contribution in [2.24, 2.45) is 0 Å². The molecule has 0 aliphatic heterocycles. The SMILES string of the molecule is O=C(NCCCc1ncn[nH]1)c1cc(F)cc([N+](=O)[O-])c1. The number of amides is 1. The van der Waals surface area contributed by atoms with Gasteiger partial charge in [0.2, 0.25) is 0 Å². The van der Waals surface area contributed by atoms with Gasteiger partial charge in [-0.3, -0.25) is 20.0 Å². The van der Waals surface area contributed by atoms with Crippen molar-refractivity contribution in [2.75, 3.05) is 6.54 Å². The molecule has 1 amide bonds. The van der Waals surface area contributed by atoms with Crippen LogP contribution in [-0.4, -0.2) is 32.6 Å². The fourth-order valence-corrected chi connectivity index (χ4v) is 1.72. The molecule has 0 unspecified atom stereocenters. The molecule has 0 saturated heterocycles. The number of nitro benzene ring substituents is 1. The molecule has 2 aromatic rings. The maximum atomic E-state index is 13.2. The van der Waals surface area contributed by atoms with Gasteiger partial charge in [-0.05, 0) is 12.5 Å². The molecule has 1 heterocycles. The Bertz CT molecular complexity index is 644. The van der Waals surface area contributed by atoms with Crippen LogP contribution in [0, 0.1) is 15.9 Å². The predicted octanol–water partition coefficient (Wildman–Crippen LogP) is 1.21. The first-order valence-electron chi connectivity index (χ1n) is 6.13. The van der Waals surface area contributed by atoms with Gasteiger partial charge in [0.25, 0.3) is 11.6 Å². The molecule has 21 heavy (non-hydrogen) atoms. The molecule has 2 N–H and O–H groups in total. The summed E-state index contributed by atoms with van der Waals surface area (Å²) in [5.41, 5.74) is -0.539. The van der Waals surface area contributed by atoms with E-state index in [0.717, 1.165) is 18.2 Å². The fourth-order valence-electron chi connectivity index (χ4n) is 1.72. The maximum absolute atomic E-state index is 13.2. The first-order valence-corrected chi connectivity index (χ1v) is 6.13. The van der Waals surface area contributed by atoms with E-state index in [2.05, 4.69) is 20.5 Å². The van der Waals surface area contributed by atoms with Crippen molar-refractivity contribution in [3.05, 3.63) is 51.8 Å². The summed E-state index contributed by atoms with van der Waals surface area (Å²) in [4.78, 5) is 25.6. The Balaban J connectivity index is 1.89. The van der Waals surface area contributed by atoms with E-state index in [1.54, 1.807) is 0 Å². The molecule has 0 bridgehead atoms. The number of hydrogen-bond acceptors (Lipinski definition) is 5. The second-order valence-electron chi connectivity index (χ2n) is 4.25. The Hall–Kier alpha value is -2.84. The molecule has 0 aliphatic carbocycles. The number of aromatic amines is 1. The summed E-state index contributed by atoms with van der Waals surface area (Å²) in [5, 5.41) is 19.6. The zero-order chi connectivity index (χ0) is 15.2. The van der Waals surface area contributed by atoms with E-state index in [9.17, 15) is 19.3 Å². The third-order valence-corrected chi connectivity index (χ3v) is 2.70. The van der Waals surface area contributed by atoms with Crippen molar-refractivity contribution in [1.82, 2.24) is 20.5 Å². The smallest absolute Gasteiger partial charge is 0.273 e. The lowest BCUT2D eigenvalue weighted by Crippen LogP contribution is -2.25. The number of hydrogen-bond donors (Lipinski definition) is 2. The number of aromatic nitrogens is 3. The normalized spacial score (nSPS) is 10.3. The Morgan fingerprint density at radius 3 is 2.90 bits per heavy atom. The van der Waals surface area contributed by atoms with E-state index in [1.807, 2.05) is 0 Å². The third kappa shape index (κ3) is 4.06. The Morgan fingerprint density at radius 2 is 2.24 bits per heavy atom. The van der Waals surface area contributed by atoms with Gasteiger partial charge < -0.3 is 5.32 Å². The van der Waals surface area contributed by atoms with Crippen molar-refractivity contribution in [2.45, 2.75) is 12.8 Å². The molecule has 8 nitrogen and oxygen atoms in total. The van der Waals surface area contributed by atoms with Crippen molar-refractivity contribution >= 4 is 11.6 Å². The fraction of sp³-hybridized carbons (Fsp3) is 0.250. The average Bonchev–Trinajstić information content (AvgIpc) is 2.95. The Morgan fingerprint density at radius 1 is 1.43 bits per heavy atom. The summed E-state index contributed by atoms with van der Waals surface area (Å²) in [6.07, 6.45) is 2.60. The number of benzene rings is 1. The predicted molar refractivity (Wildman–Crippen MR) is 70.1 cm³/mol. The second-order valence-corrected chi connectivity index (χ2v) is 4.25. The number of aryl methyl sites for hydroxylation is 1. The minimum Gasteiger partial charge on any atom is -0.352 e. The summed E-state index contributed by atoms with van der Waals surface area (Å²) in [7, 11) is 0. The number of carbonyl (C=O) groups excluding carboxylic acids is 1. The maximum Gasteiger partial charge on any atom is 0.273 e. The number of nitrogens with zero attached hydrogens (tertiary/aromatic N) is 3. The van der Waals surface area contributed by atoms with Crippen molar-refractivity contribution in [3.8, 4) is 0 Å². The van der Waals surface area contributed by atoms with Crippen LogP contribution >= 0.6 is 0 Å². The van der Waals surface area contributed by atoms with Crippen LogP contribution in [0.5, 0.6) is 0 Å². The molecule has 0 aliphatic rings. The van der Waals surface area contributed by atoms with Gasteiger partial charge in [0.1, 0.15) is 18.0 Å². The number of carbonyl (C=O) groups is 1. The van der Waals surface area contributed by atoms with Crippen molar-refractivity contribution in [1.29, 1.82) is 0 Å². The van der Waals surface area contributed by atoms with Crippen LogP contribution in [0.25, 0.3) is 0 Å². The van der Waals surface area contributed by atoms with E-state index in [4.69, 9.17) is 0 Å². The van der Waals surface area contributed by atoms with E-state index in [-0.39, 0.29) is 5.56 Å². The Kier molecular flexibility index (Phi) is 4.54. The minimum absolute atomic E-state index is 0.0821. The lowest BCUT2D eigenvalue weighted by molar-refractivity contribution is -0.385. The van der Waals surface area contributed by atoms with E-state index in [0.29, 0.717) is 25.2 Å². The molecular formula is C12H12FN5O3. The molecule has 0 spiro atoms. The number of halogens is 1. The lowest BCUT2D eigenvalue weighted by atomic mass is 10.2. The first kappa shape index (κ1) is 14.6. The van der Waals surface area contributed by atoms with Gasteiger partial charge in [0.15, 0.2) is 0 Å². The summed E-state index contributed by atoms with van der Waals surface area (Å²) >= 11 is 0.